The van der Waals surface area contributed by atoms with Gasteiger partial charge in [-0.15, -0.1) is 6.58 Å². The normalized spacial score (nSPS) is 11.8. The lowest BCUT2D eigenvalue weighted by Gasteiger charge is -2.34. The van der Waals surface area contributed by atoms with Crippen LogP contribution in [0.25, 0.3) is 0 Å². The van der Waals surface area contributed by atoms with Gasteiger partial charge in [0.25, 0.3) is 5.91 Å². The Labute approximate surface area is 356 Å². The Morgan fingerprint density at radius 3 is 1.53 bits per heavy atom. The summed E-state index contributed by atoms with van der Waals surface area (Å²) in [5.74, 6) is -0.900. The summed E-state index contributed by atoms with van der Waals surface area (Å²) in [6, 6.07) is 15.7. The number of hydrazine groups is 1. The fourth-order valence-electron chi connectivity index (χ4n) is 4.52. The second-order valence-electron chi connectivity index (χ2n) is 15.6. The molecule has 3 atom stereocenters. The molecule has 5 N–H and O–H groups in total. The minimum Gasteiger partial charge on any atom is -0.453 e. The summed E-state index contributed by atoms with van der Waals surface area (Å²) >= 11 is 0. The van der Waals surface area contributed by atoms with E-state index in [0.717, 1.165) is 5.56 Å². The zero-order chi connectivity index (χ0) is 46.2. The predicted octanol–water partition coefficient (Wildman–Crippen LogP) is 8.77. The lowest BCUT2D eigenvalue weighted by Crippen LogP contribution is -2.58. The first kappa shape index (κ1) is 58.3. The second kappa shape index (κ2) is 32.9. The predicted molar refractivity (Wildman–Crippen MR) is 242 cm³/mol. The van der Waals surface area contributed by atoms with Crippen LogP contribution in [-0.4, -0.2) is 87.3 Å². The highest BCUT2D eigenvalue weighted by Gasteiger charge is 2.35. The molecular formula is C46H78N6O7. The van der Waals surface area contributed by atoms with Crippen molar-refractivity contribution in [3.05, 3.63) is 96.6 Å². The Hall–Kier alpha value is -5.01. The topological polar surface area (TPSA) is 171 Å². The molecule has 0 aliphatic rings. The molecule has 334 valence electrons. The second-order valence-corrected chi connectivity index (χ2v) is 15.6. The lowest BCUT2D eigenvalue weighted by atomic mass is 9.86. The highest BCUT2D eigenvalue weighted by Crippen LogP contribution is 2.21. The molecule has 2 rings (SSSR count). The number of hydrogen-bond donors (Lipinski definition) is 5. The Kier molecular flexibility index (Phi) is 32.5. The number of ether oxygens (including phenoxy) is 3. The van der Waals surface area contributed by atoms with Gasteiger partial charge in [0.1, 0.15) is 12.1 Å². The molecule has 0 radical (unpaired) electrons. The minimum absolute atomic E-state index is 0.0652. The van der Waals surface area contributed by atoms with Crippen LogP contribution >= 0.6 is 0 Å². The molecule has 0 heterocycles. The Morgan fingerprint density at radius 2 is 1.19 bits per heavy atom. The highest BCUT2D eigenvalue weighted by atomic mass is 16.5. The zero-order valence-electron chi connectivity index (χ0n) is 38.8. The van der Waals surface area contributed by atoms with Crippen LogP contribution in [0.2, 0.25) is 0 Å². The van der Waals surface area contributed by atoms with E-state index in [1.54, 1.807) is 23.2 Å². The van der Waals surface area contributed by atoms with Gasteiger partial charge < -0.3 is 35.6 Å². The smallest absolute Gasteiger partial charge is 0.407 e. The van der Waals surface area contributed by atoms with Gasteiger partial charge in [-0.25, -0.2) is 14.6 Å². The van der Waals surface area contributed by atoms with Crippen molar-refractivity contribution in [1.82, 2.24) is 26.4 Å². The number of methoxy groups -OCH3 is 3. The van der Waals surface area contributed by atoms with Gasteiger partial charge in [0.2, 0.25) is 5.91 Å². The monoisotopic (exact) mass is 827 g/mol. The number of aryl methyl sites for hydroxylation is 1. The lowest BCUT2D eigenvalue weighted by molar-refractivity contribution is -0.132. The average Bonchev–Trinajstić information content (AvgIpc) is 3.17. The molecule has 13 heteroatoms. The fourth-order valence-corrected chi connectivity index (χ4v) is 4.52. The summed E-state index contributed by atoms with van der Waals surface area (Å²) < 4.78 is 15.0. The third-order valence-electron chi connectivity index (χ3n) is 7.46. The third-order valence-corrected chi connectivity index (χ3v) is 7.46. The molecule has 0 spiro atoms. The van der Waals surface area contributed by atoms with Gasteiger partial charge in [-0.2, -0.15) is 0 Å². The molecule has 0 bridgehead atoms. The molecule has 0 aromatic heterocycles. The summed E-state index contributed by atoms with van der Waals surface area (Å²) in [6.45, 7) is 30.8. The highest BCUT2D eigenvalue weighted by molar-refractivity contribution is 6.06. The maximum absolute atomic E-state index is 13.5. The Balaban J connectivity index is -0.00000164. The zero-order valence-corrected chi connectivity index (χ0v) is 38.8. The average molecular weight is 827 g/mol. The standard InChI is InChI=1S/C30H48N6O7.C7H8.2C3H8.C3H6/c1-11-22(31)20-14-12-19(13-15-20)17-36(35-26(38)24(30(5,6)7)34-28(40)43-10)18-21(41-8)16-32-25(37)23(29(2,3)4)33-27(39)42-9;1-7-5-3-2-4-6-7;3*1-3-2/h11-15,21,23-24,31H,1,16-18H2,2-10H3,(H,32,37)(H,33,39)(H,34,40)(H,35,38);2-6H,1H3;2*3H2,1-2H3;3H,1H2,2H3. The van der Waals surface area contributed by atoms with E-state index in [0.29, 0.717) is 5.56 Å². The molecular weight excluding hydrogens is 749 g/mol. The van der Waals surface area contributed by atoms with Gasteiger partial charge in [-0.05, 0) is 41.9 Å². The maximum atomic E-state index is 13.5. The van der Waals surface area contributed by atoms with Crippen LogP contribution in [0.15, 0.2) is 79.9 Å². The van der Waals surface area contributed by atoms with E-state index in [2.05, 4.69) is 86.0 Å². The third kappa shape index (κ3) is 28.1. The van der Waals surface area contributed by atoms with Crippen molar-refractivity contribution in [2.45, 2.75) is 121 Å². The van der Waals surface area contributed by atoms with E-state index in [4.69, 9.17) is 14.9 Å². The van der Waals surface area contributed by atoms with Crippen molar-refractivity contribution in [2.24, 2.45) is 10.8 Å². The van der Waals surface area contributed by atoms with Gasteiger partial charge in [-0.3, -0.25) is 15.0 Å². The summed E-state index contributed by atoms with van der Waals surface area (Å²) in [5.41, 5.74) is 4.74. The van der Waals surface area contributed by atoms with Gasteiger partial charge >= 0.3 is 12.2 Å². The summed E-state index contributed by atoms with van der Waals surface area (Å²) in [4.78, 5) is 50.4. The van der Waals surface area contributed by atoms with Crippen LogP contribution < -0.4 is 21.4 Å². The maximum Gasteiger partial charge on any atom is 0.407 e. The quantitative estimate of drug-likeness (QED) is 0.0715. The van der Waals surface area contributed by atoms with Crippen molar-refractivity contribution in [1.29, 1.82) is 5.41 Å². The van der Waals surface area contributed by atoms with Gasteiger partial charge in [0.15, 0.2) is 0 Å². The van der Waals surface area contributed by atoms with Gasteiger partial charge in [0.05, 0.1) is 26.0 Å². The summed E-state index contributed by atoms with van der Waals surface area (Å²) in [5, 5.41) is 17.6. The number of hydrogen-bond acceptors (Lipinski definition) is 9. The number of carbonyl (C=O) groups is 4. The van der Waals surface area contributed by atoms with Crippen molar-refractivity contribution < 1.29 is 33.4 Å². The molecule has 0 saturated heterocycles. The molecule has 13 nitrogen and oxygen atoms in total. The molecule has 0 aliphatic carbocycles. The van der Waals surface area contributed by atoms with Gasteiger partial charge in [-0.1, -0.05) is 155 Å². The number of benzene rings is 2. The molecule has 59 heavy (non-hydrogen) atoms. The van der Waals surface area contributed by atoms with Crippen molar-refractivity contribution in [3.63, 3.8) is 0 Å². The van der Waals surface area contributed by atoms with Crippen LogP contribution in [0, 0.1) is 23.2 Å². The summed E-state index contributed by atoms with van der Waals surface area (Å²) in [7, 11) is 3.92. The number of alkyl carbamates (subject to hydrolysis) is 2. The number of nitrogens with one attached hydrogen (secondary N) is 5. The number of nitrogens with zero attached hydrogens (tertiary/aromatic N) is 1. The first-order valence-corrected chi connectivity index (χ1v) is 20.0. The van der Waals surface area contributed by atoms with E-state index < -0.39 is 53.0 Å². The number of amides is 4. The molecule has 0 fully saturated rings. The molecule has 2 aromatic carbocycles. The number of rotatable bonds is 14. The molecule has 4 amide bonds. The molecule has 0 aliphatic heterocycles. The van der Waals surface area contributed by atoms with Gasteiger partial charge in [0, 0.05) is 26.7 Å². The minimum atomic E-state index is -0.935. The van der Waals surface area contributed by atoms with E-state index in [1.807, 2.05) is 78.8 Å². The van der Waals surface area contributed by atoms with Crippen LogP contribution in [-0.2, 0) is 30.3 Å². The van der Waals surface area contributed by atoms with E-state index >= 15 is 0 Å². The fraction of sp³-hybridized carbons (Fsp3) is 0.543. The van der Waals surface area contributed by atoms with Crippen LogP contribution in [0.4, 0.5) is 9.59 Å². The molecule has 0 saturated carbocycles. The van der Waals surface area contributed by atoms with E-state index in [-0.39, 0.29) is 25.3 Å². The largest absolute Gasteiger partial charge is 0.453 e. The number of allylic oxidation sites excluding steroid dienone is 2. The number of carbonyl (C=O) groups excluding carboxylic acids is 4. The molecule has 2 aromatic rings. The SMILES string of the molecule is C=CC.C=CC(=N)c1ccc(CN(CC(CNC(=O)C(NC(=O)OC)C(C)(C)C)OC)NC(=O)C(NC(=O)OC)C(C)(C)C)cc1.CCC.CCC.Cc1ccccc1. The van der Waals surface area contributed by atoms with Crippen molar-refractivity contribution in [2.75, 3.05) is 34.4 Å². The van der Waals surface area contributed by atoms with Crippen LogP contribution in [0.3, 0.4) is 0 Å². The van der Waals surface area contributed by atoms with Crippen molar-refractivity contribution >= 4 is 29.7 Å². The Morgan fingerprint density at radius 1 is 0.763 bits per heavy atom. The Bertz CT molecular complexity index is 1480. The first-order chi connectivity index (χ1) is 27.6. The van der Waals surface area contributed by atoms with Crippen molar-refractivity contribution in [3.8, 4) is 0 Å². The van der Waals surface area contributed by atoms with E-state index in [9.17, 15) is 19.2 Å². The molecule has 3 unspecified atom stereocenters. The first-order valence-electron chi connectivity index (χ1n) is 20.0. The van der Waals surface area contributed by atoms with E-state index in [1.165, 1.54) is 45.8 Å². The van der Waals surface area contributed by atoms with Crippen LogP contribution in [0.5, 0.6) is 0 Å². The summed E-state index contributed by atoms with van der Waals surface area (Å²) in [6.07, 6.45) is 3.65. The van der Waals surface area contributed by atoms with Crippen LogP contribution in [0.1, 0.15) is 106 Å².